The zero-order valence-electron chi connectivity index (χ0n) is 14.1. The van der Waals surface area contributed by atoms with Crippen molar-refractivity contribution in [2.24, 2.45) is 5.92 Å². The van der Waals surface area contributed by atoms with Gasteiger partial charge in [0, 0.05) is 6.42 Å². The molecule has 1 aromatic carbocycles. The predicted octanol–water partition coefficient (Wildman–Crippen LogP) is 2.42. The zero-order chi connectivity index (χ0) is 17.6. The van der Waals surface area contributed by atoms with Gasteiger partial charge in [-0.3, -0.25) is 4.79 Å². The maximum Gasteiger partial charge on any atom is 0.310 e. The van der Waals surface area contributed by atoms with E-state index in [1.807, 2.05) is 12.1 Å². The molecule has 0 amide bonds. The molecule has 5 heteroatoms. The van der Waals surface area contributed by atoms with E-state index >= 15 is 0 Å². The minimum absolute atomic E-state index is 0.123. The van der Waals surface area contributed by atoms with Crippen LogP contribution in [0.3, 0.4) is 0 Å². The van der Waals surface area contributed by atoms with Crippen molar-refractivity contribution in [3.63, 3.8) is 0 Å². The average Bonchev–Trinajstić information content (AvgIpc) is 2.41. The van der Waals surface area contributed by atoms with Gasteiger partial charge in [-0.15, -0.1) is 0 Å². The second-order valence-corrected chi connectivity index (χ2v) is 6.67. The van der Waals surface area contributed by atoms with Crippen LogP contribution in [0.5, 0.6) is 0 Å². The molecule has 0 aliphatic heterocycles. The molecule has 1 rings (SSSR count). The molecule has 1 unspecified atom stereocenters. The van der Waals surface area contributed by atoms with Crippen LogP contribution in [0.1, 0.15) is 62.6 Å². The second-order valence-electron chi connectivity index (χ2n) is 6.67. The van der Waals surface area contributed by atoms with E-state index in [9.17, 15) is 9.90 Å². The Morgan fingerprint density at radius 1 is 1.13 bits per heavy atom. The van der Waals surface area contributed by atoms with Gasteiger partial charge in [-0.25, -0.2) is 0 Å². The first-order valence-corrected chi connectivity index (χ1v) is 8.11. The lowest BCUT2D eigenvalue weighted by molar-refractivity contribution is -0.314. The number of hydrogen-bond donors (Lipinski definition) is 4. The van der Waals surface area contributed by atoms with Gasteiger partial charge in [-0.1, -0.05) is 32.0 Å². The smallest absolute Gasteiger partial charge is 0.310 e. The first-order chi connectivity index (χ1) is 10.6. The number of unbranched alkanes of at least 4 members (excludes halogenated alkanes) is 1. The summed E-state index contributed by atoms with van der Waals surface area (Å²) >= 11 is 0. The van der Waals surface area contributed by atoms with E-state index in [4.69, 9.17) is 15.3 Å². The lowest BCUT2D eigenvalue weighted by Crippen LogP contribution is -2.26. The zero-order valence-corrected chi connectivity index (χ0v) is 14.1. The van der Waals surface area contributed by atoms with E-state index in [1.165, 1.54) is 5.56 Å². The fourth-order valence-electron chi connectivity index (χ4n) is 2.71. The summed E-state index contributed by atoms with van der Waals surface area (Å²) in [5.41, 5.74) is 2.96. The SMILES string of the molecule is CC(C)Cc1ccc(C(C)C(=O)O)c(CCCCC(O)(O)O)c1. The summed E-state index contributed by atoms with van der Waals surface area (Å²) in [4.78, 5) is 11.3. The molecule has 0 aliphatic rings. The number of carboxylic acid groups (broad SMARTS) is 1. The first-order valence-electron chi connectivity index (χ1n) is 8.11. The fourth-order valence-corrected chi connectivity index (χ4v) is 2.71. The van der Waals surface area contributed by atoms with Crippen LogP contribution in [0.15, 0.2) is 18.2 Å². The van der Waals surface area contributed by atoms with Crippen molar-refractivity contribution in [1.82, 2.24) is 0 Å². The lowest BCUT2D eigenvalue weighted by Gasteiger charge is -2.17. The Morgan fingerprint density at radius 3 is 2.30 bits per heavy atom. The van der Waals surface area contributed by atoms with Crippen LogP contribution in [-0.2, 0) is 17.6 Å². The van der Waals surface area contributed by atoms with Crippen LogP contribution in [0.2, 0.25) is 0 Å². The van der Waals surface area contributed by atoms with Gasteiger partial charge in [0.15, 0.2) is 0 Å². The van der Waals surface area contributed by atoms with E-state index < -0.39 is 17.9 Å². The molecule has 0 saturated carbocycles. The minimum atomic E-state index is -2.63. The Hall–Kier alpha value is -1.43. The lowest BCUT2D eigenvalue weighted by atomic mass is 9.89. The van der Waals surface area contributed by atoms with E-state index in [2.05, 4.69) is 19.9 Å². The normalized spacial score (nSPS) is 13.3. The van der Waals surface area contributed by atoms with Gasteiger partial charge < -0.3 is 20.4 Å². The summed E-state index contributed by atoms with van der Waals surface area (Å²) in [6.45, 7) is 5.94. The molecular formula is C18H28O5. The van der Waals surface area contributed by atoms with Crippen molar-refractivity contribution in [3.8, 4) is 0 Å². The number of hydrogen-bond acceptors (Lipinski definition) is 4. The Kier molecular flexibility index (Phi) is 7.19. The molecule has 0 aromatic heterocycles. The minimum Gasteiger partial charge on any atom is -0.481 e. The van der Waals surface area contributed by atoms with Gasteiger partial charge in [0.2, 0.25) is 0 Å². The van der Waals surface area contributed by atoms with Crippen molar-refractivity contribution in [3.05, 3.63) is 34.9 Å². The third-order valence-electron chi connectivity index (χ3n) is 3.90. The highest BCUT2D eigenvalue weighted by Gasteiger charge is 2.19. The second kappa shape index (κ2) is 8.43. The number of aliphatic hydroxyl groups is 3. The summed E-state index contributed by atoms with van der Waals surface area (Å²) in [6.07, 6.45) is 2.55. The molecular weight excluding hydrogens is 296 g/mol. The summed E-state index contributed by atoms with van der Waals surface area (Å²) in [7, 11) is 0. The molecule has 0 radical (unpaired) electrons. The van der Waals surface area contributed by atoms with Crippen molar-refractivity contribution >= 4 is 5.97 Å². The molecule has 23 heavy (non-hydrogen) atoms. The van der Waals surface area contributed by atoms with E-state index in [-0.39, 0.29) is 6.42 Å². The van der Waals surface area contributed by atoms with Crippen LogP contribution in [0.25, 0.3) is 0 Å². The van der Waals surface area contributed by atoms with E-state index in [1.54, 1.807) is 6.92 Å². The van der Waals surface area contributed by atoms with Gasteiger partial charge in [-0.2, -0.15) is 0 Å². The summed E-state index contributed by atoms with van der Waals surface area (Å²) in [5.74, 6) is -3.55. The van der Waals surface area contributed by atoms with Gasteiger partial charge in [-0.05, 0) is 55.2 Å². The molecule has 0 fully saturated rings. The largest absolute Gasteiger partial charge is 0.481 e. The summed E-state index contributed by atoms with van der Waals surface area (Å²) in [6, 6.07) is 5.93. The Balaban J connectivity index is 2.87. The van der Waals surface area contributed by atoms with Crippen LogP contribution in [0.4, 0.5) is 0 Å². The molecule has 4 N–H and O–H groups in total. The van der Waals surface area contributed by atoms with Crippen molar-refractivity contribution < 1.29 is 25.2 Å². The third kappa shape index (κ3) is 7.12. The number of carbonyl (C=O) groups is 1. The molecule has 1 aromatic rings. The molecule has 130 valence electrons. The maximum atomic E-state index is 11.3. The first kappa shape index (κ1) is 19.6. The maximum absolute atomic E-state index is 11.3. The van der Waals surface area contributed by atoms with E-state index in [0.29, 0.717) is 25.2 Å². The standard InChI is InChI=1S/C18H28O5/c1-12(2)10-14-7-8-16(13(3)17(19)20)15(11-14)6-4-5-9-18(21,22)23/h7-8,11-13,21-23H,4-6,9-10H2,1-3H3,(H,19,20). The topological polar surface area (TPSA) is 98.0 Å². The number of benzene rings is 1. The van der Waals surface area contributed by atoms with Crippen molar-refractivity contribution in [2.75, 3.05) is 0 Å². The van der Waals surface area contributed by atoms with Gasteiger partial charge in [0.05, 0.1) is 5.92 Å². The van der Waals surface area contributed by atoms with Gasteiger partial charge >= 0.3 is 5.97 Å². The molecule has 0 heterocycles. The van der Waals surface area contributed by atoms with Crippen LogP contribution < -0.4 is 0 Å². The molecule has 5 nitrogen and oxygen atoms in total. The molecule has 0 spiro atoms. The highest BCUT2D eigenvalue weighted by molar-refractivity contribution is 5.76. The molecule has 0 bridgehead atoms. The van der Waals surface area contributed by atoms with Crippen molar-refractivity contribution in [1.29, 1.82) is 0 Å². The molecule has 0 saturated heterocycles. The summed E-state index contributed by atoms with van der Waals surface area (Å²) < 4.78 is 0. The molecule has 0 aliphatic carbocycles. The number of aryl methyl sites for hydroxylation is 1. The highest BCUT2D eigenvalue weighted by atomic mass is 16.7. The predicted molar refractivity (Wildman–Crippen MR) is 88.0 cm³/mol. The fraction of sp³-hybridized carbons (Fsp3) is 0.611. The Labute approximate surface area is 137 Å². The van der Waals surface area contributed by atoms with Crippen molar-refractivity contribution in [2.45, 2.75) is 64.8 Å². The van der Waals surface area contributed by atoms with E-state index in [0.717, 1.165) is 17.5 Å². The Morgan fingerprint density at radius 2 is 1.78 bits per heavy atom. The van der Waals surface area contributed by atoms with Crippen LogP contribution in [-0.4, -0.2) is 32.4 Å². The summed E-state index contributed by atoms with van der Waals surface area (Å²) in [5, 5.41) is 36.0. The molecule has 1 atom stereocenters. The monoisotopic (exact) mass is 324 g/mol. The quantitative estimate of drug-likeness (QED) is 0.413. The third-order valence-corrected chi connectivity index (χ3v) is 3.90. The van der Waals surface area contributed by atoms with Crippen LogP contribution in [0, 0.1) is 5.92 Å². The number of aliphatic carboxylic acids is 1. The Bertz CT molecular complexity index is 517. The van der Waals surface area contributed by atoms with Gasteiger partial charge in [0.1, 0.15) is 0 Å². The number of carboxylic acids is 1. The van der Waals surface area contributed by atoms with Crippen LogP contribution >= 0.6 is 0 Å². The van der Waals surface area contributed by atoms with Gasteiger partial charge in [0.25, 0.3) is 5.97 Å². The highest BCUT2D eigenvalue weighted by Crippen LogP contribution is 2.25. The number of rotatable bonds is 9. The average molecular weight is 324 g/mol.